The van der Waals surface area contributed by atoms with Crippen molar-refractivity contribution in [2.75, 3.05) is 44.4 Å². The first kappa shape index (κ1) is 21.5. The second-order valence-electron chi connectivity index (χ2n) is 7.41. The van der Waals surface area contributed by atoms with Gasteiger partial charge in [0.05, 0.1) is 18.8 Å². The lowest BCUT2D eigenvalue weighted by Gasteiger charge is -2.48. The predicted molar refractivity (Wildman–Crippen MR) is 104 cm³/mol. The third-order valence-corrected chi connectivity index (χ3v) is 6.63. The van der Waals surface area contributed by atoms with Crippen molar-refractivity contribution in [3.05, 3.63) is 35.4 Å². The highest BCUT2D eigenvalue weighted by atomic mass is 32.2. The summed E-state index contributed by atoms with van der Waals surface area (Å²) in [6, 6.07) is 5.04. The van der Waals surface area contributed by atoms with Gasteiger partial charge >= 0.3 is 6.18 Å². The van der Waals surface area contributed by atoms with Crippen LogP contribution in [0.15, 0.2) is 24.3 Å². The summed E-state index contributed by atoms with van der Waals surface area (Å²) < 4.78 is 43.3. The van der Waals surface area contributed by atoms with Gasteiger partial charge in [0.1, 0.15) is 0 Å². The number of nitrogens with zero attached hydrogens (tertiary/aromatic N) is 1. The molecule has 2 aliphatic rings. The molecule has 0 spiro atoms. The molecule has 1 aromatic carbocycles. The lowest BCUT2D eigenvalue weighted by atomic mass is 9.89. The van der Waals surface area contributed by atoms with E-state index in [9.17, 15) is 18.0 Å². The molecule has 4 nitrogen and oxygen atoms in total. The fourth-order valence-electron chi connectivity index (χ4n) is 3.86. The second kappa shape index (κ2) is 9.50. The Bertz CT molecular complexity index is 640. The summed E-state index contributed by atoms with van der Waals surface area (Å²) in [6.07, 6.45) is -1.51. The molecular formula is C20H27F3N2O2S. The van der Waals surface area contributed by atoms with Crippen LogP contribution in [-0.4, -0.2) is 60.7 Å². The van der Waals surface area contributed by atoms with Crippen LogP contribution in [0.5, 0.6) is 0 Å². The van der Waals surface area contributed by atoms with Gasteiger partial charge in [0.15, 0.2) is 0 Å². The maximum Gasteiger partial charge on any atom is 0.416 e. The molecule has 0 saturated carbocycles. The lowest BCUT2D eigenvalue weighted by Crippen LogP contribution is -2.60. The standard InChI is InChI=1S/C20H27F3N2O2S/c21-20(22,23)17-4-1-16(2-5-17)3-6-18(26)24-15-19(7-13-28-14-8-19)25-9-11-27-12-10-25/h1-2,4-5H,3,6-15H2,(H,24,26). The van der Waals surface area contributed by atoms with E-state index in [0.29, 0.717) is 13.0 Å². The van der Waals surface area contributed by atoms with E-state index in [-0.39, 0.29) is 17.9 Å². The zero-order valence-electron chi connectivity index (χ0n) is 15.9. The largest absolute Gasteiger partial charge is 0.416 e. The topological polar surface area (TPSA) is 41.6 Å². The summed E-state index contributed by atoms with van der Waals surface area (Å²) in [6.45, 7) is 3.88. The van der Waals surface area contributed by atoms with E-state index < -0.39 is 11.7 Å². The molecule has 8 heteroatoms. The average molecular weight is 417 g/mol. The monoisotopic (exact) mass is 416 g/mol. The molecule has 2 fully saturated rings. The molecule has 0 radical (unpaired) electrons. The van der Waals surface area contributed by atoms with E-state index in [1.807, 2.05) is 11.8 Å². The highest BCUT2D eigenvalue weighted by Crippen LogP contribution is 2.33. The number of morpholine rings is 1. The van der Waals surface area contributed by atoms with Crippen LogP contribution in [-0.2, 0) is 22.1 Å². The number of carbonyl (C=O) groups is 1. The number of hydrogen-bond acceptors (Lipinski definition) is 4. The third-order valence-electron chi connectivity index (χ3n) is 5.64. The van der Waals surface area contributed by atoms with Crippen molar-refractivity contribution in [1.29, 1.82) is 0 Å². The van der Waals surface area contributed by atoms with Crippen molar-refractivity contribution in [2.24, 2.45) is 0 Å². The van der Waals surface area contributed by atoms with Gasteiger partial charge in [-0.1, -0.05) is 12.1 Å². The van der Waals surface area contributed by atoms with E-state index in [1.54, 1.807) is 0 Å². The van der Waals surface area contributed by atoms with Crippen molar-refractivity contribution in [2.45, 2.75) is 37.4 Å². The van der Waals surface area contributed by atoms with Crippen LogP contribution < -0.4 is 5.32 Å². The van der Waals surface area contributed by atoms with Crippen molar-refractivity contribution in [1.82, 2.24) is 10.2 Å². The summed E-state index contributed by atoms with van der Waals surface area (Å²) in [5.74, 6) is 2.14. The minimum absolute atomic E-state index is 0.000946. The minimum atomic E-state index is -4.33. The van der Waals surface area contributed by atoms with Crippen LogP contribution >= 0.6 is 11.8 Å². The SMILES string of the molecule is O=C(CCc1ccc(C(F)(F)F)cc1)NCC1(N2CCOCC2)CCSCC1. The normalized spacial score (nSPS) is 20.7. The molecule has 2 aliphatic heterocycles. The number of alkyl halides is 3. The molecular weight excluding hydrogens is 389 g/mol. The minimum Gasteiger partial charge on any atom is -0.379 e. The van der Waals surface area contributed by atoms with Crippen LogP contribution in [0.25, 0.3) is 0 Å². The molecule has 2 heterocycles. The number of thioether (sulfide) groups is 1. The van der Waals surface area contributed by atoms with E-state index in [0.717, 1.165) is 68.3 Å². The van der Waals surface area contributed by atoms with E-state index >= 15 is 0 Å². The number of aryl methyl sites for hydroxylation is 1. The maximum absolute atomic E-state index is 12.6. The fraction of sp³-hybridized carbons (Fsp3) is 0.650. The molecule has 156 valence electrons. The molecule has 0 bridgehead atoms. The van der Waals surface area contributed by atoms with Gasteiger partial charge in [0.25, 0.3) is 0 Å². The predicted octanol–water partition coefficient (Wildman–Crippen LogP) is 3.35. The van der Waals surface area contributed by atoms with Gasteiger partial charge in [-0.3, -0.25) is 9.69 Å². The highest BCUT2D eigenvalue weighted by molar-refractivity contribution is 7.99. The van der Waals surface area contributed by atoms with Crippen LogP contribution in [0.1, 0.15) is 30.4 Å². The molecule has 1 aromatic rings. The average Bonchev–Trinajstić information content (AvgIpc) is 2.72. The van der Waals surface area contributed by atoms with Crippen LogP contribution in [0, 0.1) is 0 Å². The first-order valence-corrected chi connectivity index (χ1v) is 10.9. The van der Waals surface area contributed by atoms with Crippen molar-refractivity contribution >= 4 is 17.7 Å². The Balaban J connectivity index is 1.50. The van der Waals surface area contributed by atoms with Crippen molar-refractivity contribution < 1.29 is 22.7 Å². The molecule has 0 aliphatic carbocycles. The molecule has 3 rings (SSSR count). The molecule has 0 atom stereocenters. The van der Waals surface area contributed by atoms with Gasteiger partial charge in [-0.2, -0.15) is 24.9 Å². The fourth-order valence-corrected chi connectivity index (χ4v) is 5.12. The Hall–Kier alpha value is -1.25. The molecule has 1 amide bonds. The van der Waals surface area contributed by atoms with E-state index in [4.69, 9.17) is 4.74 Å². The Morgan fingerprint density at radius 1 is 1.14 bits per heavy atom. The number of benzene rings is 1. The molecule has 0 unspecified atom stereocenters. The summed E-state index contributed by atoms with van der Waals surface area (Å²) >= 11 is 1.96. The van der Waals surface area contributed by atoms with Gasteiger partial charge in [0.2, 0.25) is 5.91 Å². The molecule has 28 heavy (non-hydrogen) atoms. The first-order valence-electron chi connectivity index (χ1n) is 9.72. The van der Waals surface area contributed by atoms with Gasteiger partial charge in [-0.25, -0.2) is 0 Å². The summed E-state index contributed by atoms with van der Waals surface area (Å²) in [5, 5.41) is 3.09. The number of nitrogens with one attached hydrogen (secondary N) is 1. The van der Waals surface area contributed by atoms with Gasteiger partial charge in [-0.05, 0) is 48.5 Å². The number of amides is 1. The highest BCUT2D eigenvalue weighted by Gasteiger charge is 2.39. The van der Waals surface area contributed by atoms with E-state index in [1.165, 1.54) is 12.1 Å². The quantitative estimate of drug-likeness (QED) is 0.772. The Morgan fingerprint density at radius 3 is 2.39 bits per heavy atom. The zero-order chi connectivity index (χ0) is 20.0. The Kier molecular flexibility index (Phi) is 7.28. The first-order chi connectivity index (χ1) is 13.4. The van der Waals surface area contributed by atoms with Gasteiger partial charge in [-0.15, -0.1) is 0 Å². The summed E-state index contributed by atoms with van der Waals surface area (Å²) in [4.78, 5) is 14.8. The number of halogens is 3. The number of ether oxygens (including phenoxy) is 1. The lowest BCUT2D eigenvalue weighted by molar-refractivity contribution is -0.137. The van der Waals surface area contributed by atoms with Crippen molar-refractivity contribution in [3.8, 4) is 0 Å². The number of carbonyl (C=O) groups excluding carboxylic acids is 1. The van der Waals surface area contributed by atoms with Gasteiger partial charge in [0, 0.05) is 31.6 Å². The molecule has 0 aromatic heterocycles. The Labute approximate surface area is 168 Å². The van der Waals surface area contributed by atoms with Gasteiger partial charge < -0.3 is 10.1 Å². The van der Waals surface area contributed by atoms with Crippen LogP contribution in [0.2, 0.25) is 0 Å². The molecule has 2 saturated heterocycles. The number of rotatable bonds is 6. The molecule has 1 N–H and O–H groups in total. The smallest absolute Gasteiger partial charge is 0.379 e. The third kappa shape index (κ3) is 5.64. The number of hydrogen-bond donors (Lipinski definition) is 1. The second-order valence-corrected chi connectivity index (χ2v) is 8.63. The summed E-state index contributed by atoms with van der Waals surface area (Å²) in [5.41, 5.74) is 0.0717. The van der Waals surface area contributed by atoms with E-state index in [2.05, 4.69) is 10.2 Å². The zero-order valence-corrected chi connectivity index (χ0v) is 16.7. The Morgan fingerprint density at radius 2 is 1.79 bits per heavy atom. The van der Waals surface area contributed by atoms with Crippen LogP contribution in [0.4, 0.5) is 13.2 Å². The maximum atomic E-state index is 12.6. The van der Waals surface area contributed by atoms with Crippen LogP contribution in [0.3, 0.4) is 0 Å². The van der Waals surface area contributed by atoms with Crippen molar-refractivity contribution in [3.63, 3.8) is 0 Å². The summed E-state index contributed by atoms with van der Waals surface area (Å²) in [7, 11) is 0.